The van der Waals surface area contributed by atoms with Gasteiger partial charge < -0.3 is 5.11 Å². The largest absolute Gasteiger partial charge is 0.376 e. The summed E-state index contributed by atoms with van der Waals surface area (Å²) in [5, 5.41) is 10.9. The van der Waals surface area contributed by atoms with E-state index in [0.29, 0.717) is 0 Å². The van der Waals surface area contributed by atoms with Gasteiger partial charge in [-0.3, -0.25) is 9.80 Å². The van der Waals surface area contributed by atoms with Crippen LogP contribution in [0.2, 0.25) is 0 Å². The minimum Gasteiger partial charge on any atom is -0.376 e. The summed E-state index contributed by atoms with van der Waals surface area (Å²) in [6.45, 7) is 4.59. The predicted octanol–water partition coefficient (Wildman–Crippen LogP) is 2.20. The fourth-order valence-corrected chi connectivity index (χ4v) is 3.77. The zero-order chi connectivity index (χ0) is 12.4. The van der Waals surface area contributed by atoms with E-state index in [0.717, 1.165) is 32.0 Å². The molecule has 0 radical (unpaired) electrons. The Kier molecular flexibility index (Phi) is 3.92. The normalized spacial score (nSPS) is 31.8. The third kappa shape index (κ3) is 2.89. The highest BCUT2D eigenvalue weighted by Gasteiger charge is 2.37. The van der Waals surface area contributed by atoms with Crippen LogP contribution in [0.15, 0.2) is 0 Å². The van der Waals surface area contributed by atoms with E-state index in [1.807, 2.05) is 0 Å². The van der Waals surface area contributed by atoms with Crippen molar-refractivity contribution in [1.82, 2.24) is 9.80 Å². The third-order valence-corrected chi connectivity index (χ3v) is 5.09. The smallest absolute Gasteiger partial charge is 0.118 e. The van der Waals surface area contributed by atoms with Gasteiger partial charge in [-0.05, 0) is 51.5 Å². The van der Waals surface area contributed by atoms with Gasteiger partial charge >= 0.3 is 0 Å². The van der Waals surface area contributed by atoms with E-state index >= 15 is 0 Å². The van der Waals surface area contributed by atoms with Gasteiger partial charge in [0.2, 0.25) is 0 Å². The lowest BCUT2D eigenvalue weighted by Gasteiger charge is -2.39. The predicted molar refractivity (Wildman–Crippen MR) is 73.4 cm³/mol. The van der Waals surface area contributed by atoms with E-state index in [1.54, 1.807) is 0 Å². The second-order valence-corrected chi connectivity index (χ2v) is 6.50. The van der Waals surface area contributed by atoms with Crippen LogP contribution in [0.1, 0.15) is 57.8 Å². The maximum Gasteiger partial charge on any atom is 0.118 e. The summed E-state index contributed by atoms with van der Waals surface area (Å²) in [4.78, 5) is 5.06. The van der Waals surface area contributed by atoms with E-state index in [1.165, 1.54) is 58.0 Å². The fourth-order valence-electron chi connectivity index (χ4n) is 3.77. The van der Waals surface area contributed by atoms with E-state index in [4.69, 9.17) is 0 Å². The first kappa shape index (κ1) is 12.9. The van der Waals surface area contributed by atoms with Gasteiger partial charge in [-0.25, -0.2) is 0 Å². The first-order chi connectivity index (χ1) is 8.78. The second kappa shape index (κ2) is 5.48. The topological polar surface area (TPSA) is 26.7 Å². The number of aliphatic hydroxyl groups is 1. The summed E-state index contributed by atoms with van der Waals surface area (Å²) >= 11 is 0. The first-order valence-electron chi connectivity index (χ1n) is 7.99. The number of rotatable bonds is 2. The monoisotopic (exact) mass is 252 g/mol. The summed E-state index contributed by atoms with van der Waals surface area (Å²) in [7, 11) is 0. The van der Waals surface area contributed by atoms with Crippen LogP contribution in [0.4, 0.5) is 0 Å². The maximum atomic E-state index is 10.9. The molecule has 0 spiro atoms. The number of hydrogen-bond acceptors (Lipinski definition) is 3. The van der Waals surface area contributed by atoms with Crippen LogP contribution >= 0.6 is 0 Å². The minimum absolute atomic E-state index is 0.476. The molecule has 0 unspecified atom stereocenters. The number of hydrogen-bond donors (Lipinski definition) is 1. The molecule has 3 rings (SSSR count). The Labute approximate surface area is 111 Å². The van der Waals surface area contributed by atoms with E-state index in [9.17, 15) is 5.11 Å². The van der Waals surface area contributed by atoms with Crippen LogP contribution < -0.4 is 0 Å². The Bertz CT molecular complexity index is 270. The van der Waals surface area contributed by atoms with Crippen LogP contribution in [0, 0.1) is 0 Å². The van der Waals surface area contributed by atoms with Gasteiger partial charge in [-0.2, -0.15) is 0 Å². The molecule has 0 aromatic carbocycles. The Morgan fingerprint density at radius 2 is 1.50 bits per heavy atom. The number of nitrogens with zero attached hydrogens (tertiary/aromatic N) is 2. The molecule has 0 aromatic rings. The zero-order valence-electron chi connectivity index (χ0n) is 11.6. The standard InChI is InChI=1S/C15H28N2O/c18-15(8-3-1-2-4-9-15)17-11-5-10-16(12-13-17)14-6-7-14/h14,18H,1-13H2. The van der Waals surface area contributed by atoms with Gasteiger partial charge in [0, 0.05) is 25.7 Å². The van der Waals surface area contributed by atoms with Crippen LogP contribution in [0.5, 0.6) is 0 Å². The molecule has 3 fully saturated rings. The van der Waals surface area contributed by atoms with Crippen molar-refractivity contribution in [1.29, 1.82) is 0 Å². The molecule has 3 nitrogen and oxygen atoms in total. The average molecular weight is 252 g/mol. The van der Waals surface area contributed by atoms with Gasteiger partial charge in [-0.15, -0.1) is 0 Å². The van der Waals surface area contributed by atoms with Crippen LogP contribution in [0.3, 0.4) is 0 Å². The first-order valence-corrected chi connectivity index (χ1v) is 7.99. The summed E-state index contributed by atoms with van der Waals surface area (Å²) in [5.41, 5.74) is -0.476. The van der Waals surface area contributed by atoms with E-state index < -0.39 is 5.72 Å². The minimum atomic E-state index is -0.476. The Hall–Kier alpha value is -0.120. The van der Waals surface area contributed by atoms with E-state index in [-0.39, 0.29) is 0 Å². The molecule has 0 bridgehead atoms. The summed E-state index contributed by atoms with van der Waals surface area (Å²) in [5.74, 6) is 0. The lowest BCUT2D eigenvalue weighted by molar-refractivity contribution is -0.117. The molecule has 2 saturated carbocycles. The van der Waals surface area contributed by atoms with Crippen LogP contribution in [-0.4, -0.2) is 52.9 Å². The van der Waals surface area contributed by atoms with Gasteiger partial charge in [0.15, 0.2) is 0 Å². The highest BCUT2D eigenvalue weighted by Crippen LogP contribution is 2.32. The van der Waals surface area contributed by atoms with Gasteiger partial charge in [0.25, 0.3) is 0 Å². The molecule has 0 amide bonds. The van der Waals surface area contributed by atoms with Crippen LogP contribution in [0.25, 0.3) is 0 Å². The molecular weight excluding hydrogens is 224 g/mol. The zero-order valence-corrected chi connectivity index (χ0v) is 11.6. The molecule has 0 aromatic heterocycles. The molecule has 3 heteroatoms. The molecule has 1 heterocycles. The molecule has 3 aliphatic rings. The molecule has 1 saturated heterocycles. The molecule has 1 aliphatic heterocycles. The highest BCUT2D eigenvalue weighted by molar-refractivity contribution is 4.89. The van der Waals surface area contributed by atoms with Crippen molar-refractivity contribution in [2.24, 2.45) is 0 Å². The van der Waals surface area contributed by atoms with Crippen molar-refractivity contribution in [2.45, 2.75) is 69.6 Å². The van der Waals surface area contributed by atoms with Gasteiger partial charge in [0.1, 0.15) is 5.72 Å². The molecule has 0 atom stereocenters. The van der Waals surface area contributed by atoms with Crippen molar-refractivity contribution in [2.75, 3.05) is 26.2 Å². The molecule has 2 aliphatic carbocycles. The van der Waals surface area contributed by atoms with Gasteiger partial charge in [0.05, 0.1) is 0 Å². The quantitative estimate of drug-likeness (QED) is 0.763. The molecule has 18 heavy (non-hydrogen) atoms. The third-order valence-electron chi connectivity index (χ3n) is 5.09. The average Bonchev–Trinajstić information content (AvgIpc) is 3.19. The SMILES string of the molecule is OC1(N2CCCN(C3CC3)CC2)CCCCCC1. The van der Waals surface area contributed by atoms with Crippen molar-refractivity contribution in [3.05, 3.63) is 0 Å². The van der Waals surface area contributed by atoms with Gasteiger partial charge in [-0.1, -0.05) is 12.8 Å². The molecule has 1 N–H and O–H groups in total. The summed E-state index contributed by atoms with van der Waals surface area (Å²) in [6, 6.07) is 0.883. The Morgan fingerprint density at radius 1 is 0.778 bits per heavy atom. The Morgan fingerprint density at radius 3 is 2.17 bits per heavy atom. The second-order valence-electron chi connectivity index (χ2n) is 6.50. The maximum absolute atomic E-state index is 10.9. The van der Waals surface area contributed by atoms with E-state index in [2.05, 4.69) is 9.80 Å². The summed E-state index contributed by atoms with van der Waals surface area (Å²) in [6.07, 6.45) is 11.1. The fraction of sp³-hybridized carbons (Fsp3) is 1.00. The lowest BCUT2D eigenvalue weighted by atomic mass is 10.0. The molecule has 104 valence electrons. The van der Waals surface area contributed by atoms with Crippen molar-refractivity contribution in [3.63, 3.8) is 0 Å². The van der Waals surface area contributed by atoms with Crippen molar-refractivity contribution < 1.29 is 5.11 Å². The Balaban J connectivity index is 1.60. The van der Waals surface area contributed by atoms with Crippen molar-refractivity contribution in [3.8, 4) is 0 Å². The van der Waals surface area contributed by atoms with Crippen LogP contribution in [-0.2, 0) is 0 Å². The summed E-state index contributed by atoms with van der Waals surface area (Å²) < 4.78 is 0. The van der Waals surface area contributed by atoms with Crippen molar-refractivity contribution >= 4 is 0 Å². The molecular formula is C15H28N2O. The lowest BCUT2D eigenvalue weighted by Crippen LogP contribution is -2.50. The highest BCUT2D eigenvalue weighted by atomic mass is 16.3.